The van der Waals surface area contributed by atoms with Gasteiger partial charge >= 0.3 is 0 Å². The lowest BCUT2D eigenvalue weighted by atomic mass is 10.1. The number of imide groups is 1. The van der Waals surface area contributed by atoms with Crippen molar-refractivity contribution in [3.05, 3.63) is 62.6 Å². The summed E-state index contributed by atoms with van der Waals surface area (Å²) in [4.78, 5) is 26.3. The summed E-state index contributed by atoms with van der Waals surface area (Å²) in [5.41, 5.74) is 2.99. The van der Waals surface area contributed by atoms with Crippen LogP contribution in [-0.2, 0) is 0 Å². The summed E-state index contributed by atoms with van der Waals surface area (Å²) in [6.45, 7) is 3.77. The van der Waals surface area contributed by atoms with Crippen LogP contribution in [0.2, 0.25) is 10.0 Å². The number of rotatable bonds is 1. The summed E-state index contributed by atoms with van der Waals surface area (Å²) in [5, 5.41) is 0.527. The third-order valence-corrected chi connectivity index (χ3v) is 4.26. The minimum atomic E-state index is -0.373. The third kappa shape index (κ3) is 2.13. The van der Waals surface area contributed by atoms with Gasteiger partial charge in [-0.25, -0.2) is 4.90 Å². The second-order valence-electron chi connectivity index (χ2n) is 5.05. The quantitative estimate of drug-likeness (QED) is 0.730. The highest BCUT2D eigenvalue weighted by Crippen LogP contribution is 2.35. The van der Waals surface area contributed by atoms with Crippen LogP contribution < -0.4 is 4.90 Å². The molecule has 0 saturated carbocycles. The Hall–Kier alpha value is -1.84. The van der Waals surface area contributed by atoms with Gasteiger partial charge in [-0.05, 0) is 43.2 Å². The topological polar surface area (TPSA) is 37.4 Å². The maximum Gasteiger partial charge on any atom is 0.266 e. The molecule has 106 valence electrons. The van der Waals surface area contributed by atoms with Crippen LogP contribution in [0.25, 0.3) is 0 Å². The predicted octanol–water partition coefficient (Wildman–Crippen LogP) is 4.41. The second kappa shape index (κ2) is 4.86. The number of halogens is 2. The number of hydrogen-bond acceptors (Lipinski definition) is 2. The number of hydrogen-bond donors (Lipinski definition) is 0. The molecule has 1 aliphatic rings. The second-order valence-corrected chi connectivity index (χ2v) is 5.86. The Labute approximate surface area is 132 Å². The van der Waals surface area contributed by atoms with Crippen molar-refractivity contribution < 1.29 is 9.59 Å². The molecule has 0 spiro atoms. The van der Waals surface area contributed by atoms with Crippen LogP contribution in [0.5, 0.6) is 0 Å². The molecule has 0 atom stereocenters. The van der Waals surface area contributed by atoms with Gasteiger partial charge in [0.2, 0.25) is 0 Å². The molecule has 0 saturated heterocycles. The van der Waals surface area contributed by atoms with Crippen LogP contribution in [0.4, 0.5) is 5.69 Å². The first-order chi connectivity index (χ1) is 9.90. The average Bonchev–Trinajstić information content (AvgIpc) is 2.66. The van der Waals surface area contributed by atoms with E-state index in [1.54, 1.807) is 0 Å². The molecule has 0 aliphatic carbocycles. The highest BCUT2D eigenvalue weighted by atomic mass is 35.5. The minimum Gasteiger partial charge on any atom is -0.268 e. The lowest BCUT2D eigenvalue weighted by Crippen LogP contribution is -2.30. The first kappa shape index (κ1) is 14.1. The molecule has 0 aromatic heterocycles. The van der Waals surface area contributed by atoms with Crippen LogP contribution in [0.3, 0.4) is 0 Å². The summed E-state index contributed by atoms with van der Waals surface area (Å²) in [5.74, 6) is -0.746. The van der Waals surface area contributed by atoms with Crippen molar-refractivity contribution in [2.24, 2.45) is 0 Å². The largest absolute Gasteiger partial charge is 0.268 e. The summed E-state index contributed by atoms with van der Waals surface area (Å²) in [7, 11) is 0. The molecule has 3 rings (SSSR count). The number of benzene rings is 2. The lowest BCUT2D eigenvalue weighted by Gasteiger charge is -2.17. The monoisotopic (exact) mass is 319 g/mol. The van der Waals surface area contributed by atoms with Crippen LogP contribution in [0, 0.1) is 13.8 Å². The highest BCUT2D eigenvalue weighted by Gasteiger charge is 2.38. The molecule has 0 unspecified atom stereocenters. The SMILES string of the molecule is Cc1ccc(C)c(N2C(=O)c3cc(Cl)c(Cl)cc3C2=O)c1. The summed E-state index contributed by atoms with van der Waals surface area (Å²) in [6.07, 6.45) is 0. The minimum absolute atomic E-state index is 0.263. The van der Waals surface area contributed by atoms with E-state index in [0.29, 0.717) is 5.69 Å². The van der Waals surface area contributed by atoms with Gasteiger partial charge in [0, 0.05) is 0 Å². The van der Waals surface area contributed by atoms with E-state index in [0.717, 1.165) is 11.1 Å². The molecule has 21 heavy (non-hydrogen) atoms. The van der Waals surface area contributed by atoms with Crippen molar-refractivity contribution in [2.75, 3.05) is 4.90 Å². The summed E-state index contributed by atoms with van der Waals surface area (Å²) in [6, 6.07) is 8.54. The Morgan fingerprint density at radius 1 is 0.857 bits per heavy atom. The standard InChI is InChI=1S/C16H11Cl2NO2/c1-8-3-4-9(2)14(5-8)19-15(20)10-6-12(17)13(18)7-11(10)16(19)21/h3-7H,1-2H3. The van der Waals surface area contributed by atoms with Crippen LogP contribution in [0.15, 0.2) is 30.3 Å². The molecule has 0 bridgehead atoms. The molecule has 0 N–H and O–H groups in total. The molecule has 2 amide bonds. The molecule has 5 heteroatoms. The van der Waals surface area contributed by atoms with Crippen molar-refractivity contribution in [1.82, 2.24) is 0 Å². The van der Waals surface area contributed by atoms with Gasteiger partial charge in [-0.3, -0.25) is 9.59 Å². The molecule has 2 aromatic carbocycles. The Morgan fingerprint density at radius 3 is 1.90 bits per heavy atom. The van der Waals surface area contributed by atoms with Gasteiger partial charge < -0.3 is 0 Å². The normalized spacial score (nSPS) is 13.8. The third-order valence-electron chi connectivity index (χ3n) is 3.53. The molecule has 0 fully saturated rings. The zero-order chi connectivity index (χ0) is 15.3. The first-order valence-corrected chi connectivity index (χ1v) is 7.11. The van der Waals surface area contributed by atoms with E-state index in [1.165, 1.54) is 17.0 Å². The van der Waals surface area contributed by atoms with E-state index in [4.69, 9.17) is 23.2 Å². The Morgan fingerprint density at radius 2 is 1.38 bits per heavy atom. The van der Waals surface area contributed by atoms with Crippen molar-refractivity contribution in [2.45, 2.75) is 13.8 Å². The van der Waals surface area contributed by atoms with Gasteiger partial charge in [-0.1, -0.05) is 35.3 Å². The first-order valence-electron chi connectivity index (χ1n) is 6.35. The Balaban J connectivity index is 2.18. The van der Waals surface area contributed by atoms with Crippen molar-refractivity contribution in [1.29, 1.82) is 0 Å². The maximum atomic E-state index is 12.5. The average molecular weight is 320 g/mol. The molecule has 0 radical (unpaired) electrons. The zero-order valence-corrected chi connectivity index (χ0v) is 12.9. The fourth-order valence-corrected chi connectivity index (χ4v) is 2.74. The van der Waals surface area contributed by atoms with E-state index in [-0.39, 0.29) is 33.0 Å². The van der Waals surface area contributed by atoms with E-state index < -0.39 is 0 Å². The van der Waals surface area contributed by atoms with Gasteiger partial charge in [0.25, 0.3) is 11.8 Å². The van der Waals surface area contributed by atoms with E-state index in [1.807, 2.05) is 32.0 Å². The number of carbonyl (C=O) groups excluding carboxylic acids is 2. The van der Waals surface area contributed by atoms with E-state index in [2.05, 4.69) is 0 Å². The molecule has 3 nitrogen and oxygen atoms in total. The van der Waals surface area contributed by atoms with Crippen molar-refractivity contribution in [3.63, 3.8) is 0 Å². The molecule has 1 heterocycles. The van der Waals surface area contributed by atoms with Crippen LogP contribution >= 0.6 is 23.2 Å². The van der Waals surface area contributed by atoms with E-state index in [9.17, 15) is 9.59 Å². The zero-order valence-electron chi connectivity index (χ0n) is 11.4. The lowest BCUT2D eigenvalue weighted by molar-refractivity contribution is 0.0926. The molecule has 2 aromatic rings. The van der Waals surface area contributed by atoms with Gasteiger partial charge in [0.1, 0.15) is 0 Å². The summed E-state index contributed by atoms with van der Waals surface area (Å²) < 4.78 is 0. The predicted molar refractivity (Wildman–Crippen MR) is 83.5 cm³/mol. The van der Waals surface area contributed by atoms with Crippen molar-refractivity contribution in [3.8, 4) is 0 Å². The van der Waals surface area contributed by atoms with Gasteiger partial charge in [0.05, 0.1) is 26.9 Å². The summed E-state index contributed by atoms with van der Waals surface area (Å²) >= 11 is 11.9. The molecular formula is C16H11Cl2NO2. The maximum absolute atomic E-state index is 12.5. The van der Waals surface area contributed by atoms with Crippen LogP contribution in [0.1, 0.15) is 31.8 Å². The van der Waals surface area contributed by atoms with E-state index >= 15 is 0 Å². The number of carbonyl (C=O) groups is 2. The van der Waals surface area contributed by atoms with Gasteiger partial charge in [0.15, 0.2) is 0 Å². The van der Waals surface area contributed by atoms with Crippen LogP contribution in [-0.4, -0.2) is 11.8 Å². The molecule has 1 aliphatic heterocycles. The highest BCUT2D eigenvalue weighted by molar-refractivity contribution is 6.44. The number of anilines is 1. The fourth-order valence-electron chi connectivity index (χ4n) is 2.41. The van der Waals surface area contributed by atoms with Gasteiger partial charge in [-0.15, -0.1) is 0 Å². The number of nitrogens with zero attached hydrogens (tertiary/aromatic N) is 1. The fraction of sp³-hybridized carbons (Fsp3) is 0.125. The Kier molecular flexibility index (Phi) is 3.27. The van der Waals surface area contributed by atoms with Gasteiger partial charge in [-0.2, -0.15) is 0 Å². The number of fused-ring (bicyclic) bond motifs is 1. The number of amides is 2. The molecular weight excluding hydrogens is 309 g/mol. The smallest absolute Gasteiger partial charge is 0.266 e. The number of aryl methyl sites for hydroxylation is 2. The Bertz CT molecular complexity index is 758. The van der Waals surface area contributed by atoms with Crippen molar-refractivity contribution >= 4 is 40.7 Å².